The second-order valence-corrected chi connectivity index (χ2v) is 6.37. The minimum Gasteiger partial charge on any atom is -0.492 e. The van der Waals surface area contributed by atoms with E-state index in [0.717, 1.165) is 60.9 Å². The average Bonchev–Trinajstić information content (AvgIpc) is 3.08. The lowest BCUT2D eigenvalue weighted by molar-refractivity contribution is 0.0322. The van der Waals surface area contributed by atoms with Gasteiger partial charge < -0.3 is 9.47 Å². The van der Waals surface area contributed by atoms with E-state index < -0.39 is 0 Å². The van der Waals surface area contributed by atoms with E-state index in [1.54, 1.807) is 10.9 Å². The Morgan fingerprint density at radius 2 is 1.96 bits per heavy atom. The van der Waals surface area contributed by atoms with Crippen molar-refractivity contribution in [3.05, 3.63) is 42.6 Å². The third-order valence-corrected chi connectivity index (χ3v) is 4.64. The molecule has 1 saturated heterocycles. The number of hydrogen-bond acceptors (Lipinski definition) is 6. The van der Waals surface area contributed by atoms with Crippen LogP contribution < -0.4 is 4.74 Å². The van der Waals surface area contributed by atoms with Gasteiger partial charge in [-0.25, -0.2) is 9.67 Å². The van der Waals surface area contributed by atoms with E-state index in [9.17, 15) is 0 Å². The lowest BCUT2D eigenvalue weighted by atomic mass is 10.1. The highest BCUT2D eigenvalue weighted by Crippen LogP contribution is 2.28. The number of rotatable bonds is 6. The summed E-state index contributed by atoms with van der Waals surface area (Å²) in [6.45, 7) is 5.27. The summed E-state index contributed by atoms with van der Waals surface area (Å²) in [7, 11) is 0. The zero-order valence-corrected chi connectivity index (χ0v) is 15.0. The minimum absolute atomic E-state index is 0.177. The third-order valence-electron chi connectivity index (χ3n) is 4.64. The van der Waals surface area contributed by atoms with Crippen LogP contribution in [-0.2, 0) is 11.3 Å². The number of fused-ring (bicyclic) bond motifs is 1. The molecule has 1 aliphatic heterocycles. The molecule has 2 aromatic heterocycles. The Morgan fingerprint density at radius 3 is 2.74 bits per heavy atom. The highest BCUT2D eigenvalue weighted by atomic mass is 16.5. The van der Waals surface area contributed by atoms with Gasteiger partial charge in [-0.15, -0.1) is 0 Å². The molecule has 0 saturated carbocycles. The minimum atomic E-state index is 0.177. The fourth-order valence-corrected chi connectivity index (χ4v) is 3.23. The van der Waals surface area contributed by atoms with Gasteiger partial charge in [0.15, 0.2) is 5.65 Å². The Labute approximate surface area is 157 Å². The summed E-state index contributed by atoms with van der Waals surface area (Å²) in [5.74, 6) is 0.839. The van der Waals surface area contributed by atoms with E-state index in [2.05, 4.69) is 21.1 Å². The Morgan fingerprint density at radius 1 is 1.15 bits per heavy atom. The standard InChI is InChI=1S/C20H21N5O2/c21-7-9-25-20-18(2-1-8-22-20)19(23-25)16-3-5-17(6-4-16)27-15-12-24-10-13-26-14-11-24/h1-6,8H,9-15H2. The lowest BCUT2D eigenvalue weighted by Crippen LogP contribution is -2.38. The molecule has 1 fully saturated rings. The molecule has 4 rings (SSSR count). The number of morpholine rings is 1. The van der Waals surface area contributed by atoms with Gasteiger partial charge in [0.2, 0.25) is 0 Å². The summed E-state index contributed by atoms with van der Waals surface area (Å²) in [5, 5.41) is 14.5. The number of benzene rings is 1. The highest BCUT2D eigenvalue weighted by molar-refractivity contribution is 5.91. The van der Waals surface area contributed by atoms with Crippen LogP contribution in [0.15, 0.2) is 42.6 Å². The van der Waals surface area contributed by atoms with Gasteiger partial charge in [0.05, 0.1) is 19.3 Å². The number of aromatic nitrogens is 3. The normalized spacial score (nSPS) is 14.9. The summed E-state index contributed by atoms with van der Waals surface area (Å²) in [4.78, 5) is 6.71. The van der Waals surface area contributed by atoms with E-state index >= 15 is 0 Å². The SMILES string of the molecule is N#CCn1nc(-c2ccc(OCCN3CCOCC3)cc2)c2cccnc21. The molecule has 0 radical (unpaired) electrons. The largest absolute Gasteiger partial charge is 0.492 e. The van der Waals surface area contributed by atoms with Crippen molar-refractivity contribution >= 4 is 11.0 Å². The maximum absolute atomic E-state index is 9.01. The molecule has 7 heteroatoms. The van der Waals surface area contributed by atoms with Gasteiger partial charge >= 0.3 is 0 Å². The van der Waals surface area contributed by atoms with E-state index in [-0.39, 0.29) is 6.54 Å². The van der Waals surface area contributed by atoms with E-state index in [1.807, 2.05) is 36.4 Å². The van der Waals surface area contributed by atoms with Gasteiger partial charge in [0, 0.05) is 36.8 Å². The van der Waals surface area contributed by atoms with Crippen LogP contribution in [0.5, 0.6) is 5.75 Å². The second kappa shape index (κ2) is 8.16. The van der Waals surface area contributed by atoms with Crippen LogP contribution in [0.4, 0.5) is 0 Å². The highest BCUT2D eigenvalue weighted by Gasteiger charge is 2.13. The van der Waals surface area contributed by atoms with Crippen molar-refractivity contribution in [1.82, 2.24) is 19.7 Å². The quantitative estimate of drug-likeness (QED) is 0.669. The number of nitrogens with zero attached hydrogens (tertiary/aromatic N) is 5. The maximum atomic E-state index is 9.01. The molecule has 0 aliphatic carbocycles. The van der Waals surface area contributed by atoms with Crippen molar-refractivity contribution in [3.63, 3.8) is 0 Å². The van der Waals surface area contributed by atoms with E-state index in [4.69, 9.17) is 14.7 Å². The number of hydrogen-bond donors (Lipinski definition) is 0. The zero-order valence-electron chi connectivity index (χ0n) is 15.0. The van der Waals surface area contributed by atoms with Gasteiger partial charge in [-0.05, 0) is 36.4 Å². The molecule has 3 aromatic rings. The molecule has 0 unspecified atom stereocenters. The lowest BCUT2D eigenvalue weighted by Gasteiger charge is -2.26. The smallest absolute Gasteiger partial charge is 0.159 e. The molecular weight excluding hydrogens is 342 g/mol. The first kappa shape index (κ1) is 17.5. The molecule has 0 amide bonds. The monoisotopic (exact) mass is 363 g/mol. The number of nitriles is 1. The summed E-state index contributed by atoms with van der Waals surface area (Å²) < 4.78 is 12.9. The van der Waals surface area contributed by atoms with Crippen molar-refractivity contribution in [2.24, 2.45) is 0 Å². The first-order valence-corrected chi connectivity index (χ1v) is 9.07. The van der Waals surface area contributed by atoms with Crippen LogP contribution in [0.2, 0.25) is 0 Å². The zero-order chi connectivity index (χ0) is 18.5. The Bertz CT molecular complexity index is 939. The van der Waals surface area contributed by atoms with Crippen molar-refractivity contribution in [2.75, 3.05) is 39.5 Å². The van der Waals surface area contributed by atoms with Crippen molar-refractivity contribution in [1.29, 1.82) is 5.26 Å². The maximum Gasteiger partial charge on any atom is 0.159 e. The predicted molar refractivity (Wildman–Crippen MR) is 101 cm³/mol. The van der Waals surface area contributed by atoms with Crippen LogP contribution in [0.1, 0.15) is 0 Å². The van der Waals surface area contributed by atoms with Crippen LogP contribution in [0, 0.1) is 11.3 Å². The second-order valence-electron chi connectivity index (χ2n) is 6.37. The summed E-state index contributed by atoms with van der Waals surface area (Å²) in [5.41, 5.74) is 2.53. The summed E-state index contributed by atoms with van der Waals surface area (Å²) in [6, 6.07) is 13.9. The first-order chi connectivity index (χ1) is 13.3. The Balaban J connectivity index is 1.46. The van der Waals surface area contributed by atoms with Crippen molar-refractivity contribution < 1.29 is 9.47 Å². The number of ether oxygens (including phenoxy) is 2. The molecule has 0 N–H and O–H groups in total. The van der Waals surface area contributed by atoms with Gasteiger partial charge in [-0.1, -0.05) is 0 Å². The van der Waals surface area contributed by atoms with Crippen LogP contribution >= 0.6 is 0 Å². The van der Waals surface area contributed by atoms with E-state index in [0.29, 0.717) is 6.61 Å². The predicted octanol–water partition coefficient (Wildman–Crippen LogP) is 2.33. The first-order valence-electron chi connectivity index (χ1n) is 9.07. The average molecular weight is 363 g/mol. The summed E-state index contributed by atoms with van der Waals surface area (Å²) >= 11 is 0. The van der Waals surface area contributed by atoms with Gasteiger partial charge in [0.25, 0.3) is 0 Å². The van der Waals surface area contributed by atoms with Crippen LogP contribution in [-0.4, -0.2) is 59.1 Å². The molecule has 0 bridgehead atoms. The molecule has 7 nitrogen and oxygen atoms in total. The van der Waals surface area contributed by atoms with Crippen LogP contribution in [0.3, 0.4) is 0 Å². The van der Waals surface area contributed by atoms with E-state index in [1.165, 1.54) is 0 Å². The molecule has 3 heterocycles. The van der Waals surface area contributed by atoms with Gasteiger partial charge in [0.1, 0.15) is 24.6 Å². The molecule has 27 heavy (non-hydrogen) atoms. The fourth-order valence-electron chi connectivity index (χ4n) is 3.23. The fraction of sp³-hybridized carbons (Fsp3) is 0.350. The topological polar surface area (TPSA) is 76.2 Å². The molecular formula is C20H21N5O2. The Kier molecular flexibility index (Phi) is 5.28. The third kappa shape index (κ3) is 3.92. The van der Waals surface area contributed by atoms with Gasteiger partial charge in [-0.2, -0.15) is 10.4 Å². The molecule has 138 valence electrons. The summed E-state index contributed by atoms with van der Waals surface area (Å²) in [6.07, 6.45) is 1.72. The Hall–Kier alpha value is -2.95. The molecule has 0 atom stereocenters. The molecule has 0 spiro atoms. The van der Waals surface area contributed by atoms with Crippen LogP contribution in [0.25, 0.3) is 22.3 Å². The number of pyridine rings is 1. The molecule has 1 aliphatic rings. The van der Waals surface area contributed by atoms with Crippen molar-refractivity contribution in [3.8, 4) is 23.1 Å². The molecule has 1 aromatic carbocycles. The van der Waals surface area contributed by atoms with Crippen molar-refractivity contribution in [2.45, 2.75) is 6.54 Å². The van der Waals surface area contributed by atoms with Gasteiger partial charge in [-0.3, -0.25) is 4.90 Å².